The minimum Gasteiger partial charge on any atom is -0.455 e. The SMILES string of the molecule is C1=C(c2ccc(-c3ccc4oc5c6ccccc6nc(-c6ccccc6)c5c4c3)cc2)N=C(c2ccccc2)NC1c1cccc(-c2ccccc2)c1. The lowest BCUT2D eigenvalue weighted by atomic mass is 9.96. The summed E-state index contributed by atoms with van der Waals surface area (Å²) in [6.07, 6.45) is 2.23. The van der Waals surface area contributed by atoms with Crippen molar-refractivity contribution in [2.24, 2.45) is 4.99 Å². The van der Waals surface area contributed by atoms with Crippen LogP contribution in [0.2, 0.25) is 0 Å². The number of hydrogen-bond donors (Lipinski definition) is 1. The van der Waals surface area contributed by atoms with Crippen LogP contribution in [0.15, 0.2) is 197 Å². The summed E-state index contributed by atoms with van der Waals surface area (Å²) < 4.78 is 6.57. The van der Waals surface area contributed by atoms with Crippen molar-refractivity contribution >= 4 is 44.4 Å². The Morgan fingerprint density at radius 2 is 1.08 bits per heavy atom. The van der Waals surface area contributed by atoms with Crippen LogP contribution in [0, 0.1) is 0 Å². The fourth-order valence-corrected chi connectivity index (χ4v) is 7.44. The number of benzene rings is 7. The van der Waals surface area contributed by atoms with Crippen molar-refractivity contribution in [1.29, 1.82) is 0 Å². The zero-order valence-corrected chi connectivity index (χ0v) is 28.8. The molecule has 0 spiro atoms. The monoisotopic (exact) mass is 679 g/mol. The molecule has 2 aromatic heterocycles. The molecule has 1 atom stereocenters. The lowest BCUT2D eigenvalue weighted by molar-refractivity contribution is 0.672. The van der Waals surface area contributed by atoms with Gasteiger partial charge in [0.25, 0.3) is 0 Å². The molecule has 3 heterocycles. The van der Waals surface area contributed by atoms with Crippen molar-refractivity contribution in [3.05, 3.63) is 205 Å². The van der Waals surface area contributed by atoms with Gasteiger partial charge in [-0.25, -0.2) is 9.98 Å². The lowest BCUT2D eigenvalue weighted by Crippen LogP contribution is -2.31. The van der Waals surface area contributed by atoms with Gasteiger partial charge in [-0.3, -0.25) is 0 Å². The Balaban J connectivity index is 1.05. The van der Waals surface area contributed by atoms with Crippen molar-refractivity contribution in [2.75, 3.05) is 0 Å². The van der Waals surface area contributed by atoms with Gasteiger partial charge in [-0.05, 0) is 69.8 Å². The molecule has 4 heteroatoms. The minimum atomic E-state index is -0.0543. The van der Waals surface area contributed by atoms with Crippen LogP contribution in [0.1, 0.15) is 22.7 Å². The van der Waals surface area contributed by atoms with Gasteiger partial charge >= 0.3 is 0 Å². The Morgan fingerprint density at radius 3 is 1.85 bits per heavy atom. The molecule has 53 heavy (non-hydrogen) atoms. The number of aromatic nitrogens is 1. The standard InChI is InChI=1S/C49H33N3O/c1-4-13-32(14-5-1)37-19-12-20-39(29-37)44-31-43(51-49(52-44)36-17-8-3-9-18-36)34-25-23-33(24-26-34)38-27-28-45-41(30-38)46-47(35-15-6-2-7-16-35)50-42-22-11-10-21-40(42)48(46)53-45/h1-31,44H,(H,51,52). The maximum Gasteiger partial charge on any atom is 0.147 e. The highest BCUT2D eigenvalue weighted by molar-refractivity contribution is 6.19. The maximum atomic E-state index is 6.57. The van der Waals surface area contributed by atoms with Crippen molar-refractivity contribution in [1.82, 2.24) is 10.3 Å². The second-order valence-corrected chi connectivity index (χ2v) is 13.4. The van der Waals surface area contributed by atoms with E-state index in [1.54, 1.807) is 0 Å². The van der Waals surface area contributed by atoms with Crippen LogP contribution in [0.25, 0.3) is 72.0 Å². The van der Waals surface area contributed by atoms with Gasteiger partial charge in [-0.1, -0.05) is 152 Å². The molecule has 1 unspecified atom stereocenters. The third-order valence-corrected chi connectivity index (χ3v) is 10.1. The molecule has 0 fully saturated rings. The van der Waals surface area contributed by atoms with Crippen LogP contribution < -0.4 is 5.32 Å². The first-order chi connectivity index (χ1) is 26.2. The fraction of sp³-hybridized carbons (Fsp3) is 0.0204. The number of nitrogens with one attached hydrogen (secondary N) is 1. The summed E-state index contributed by atoms with van der Waals surface area (Å²) in [7, 11) is 0. The number of pyridine rings is 1. The van der Waals surface area contributed by atoms with E-state index in [1.807, 2.05) is 24.3 Å². The first-order valence-electron chi connectivity index (χ1n) is 17.9. The number of hydrogen-bond acceptors (Lipinski definition) is 4. The summed E-state index contributed by atoms with van der Waals surface area (Å²) in [4.78, 5) is 10.3. The average molecular weight is 680 g/mol. The molecule has 250 valence electrons. The van der Waals surface area contributed by atoms with E-state index in [2.05, 4.69) is 169 Å². The van der Waals surface area contributed by atoms with Crippen LogP contribution in [-0.2, 0) is 0 Å². The molecular formula is C49H33N3O. The molecule has 9 aromatic rings. The Labute approximate surface area is 307 Å². The van der Waals surface area contributed by atoms with Gasteiger partial charge in [-0.2, -0.15) is 0 Å². The second kappa shape index (κ2) is 12.9. The predicted molar refractivity (Wildman–Crippen MR) is 219 cm³/mol. The van der Waals surface area contributed by atoms with Crippen LogP contribution in [0.3, 0.4) is 0 Å². The van der Waals surface area contributed by atoms with Crippen LogP contribution in [0.4, 0.5) is 0 Å². The molecule has 10 rings (SSSR count). The predicted octanol–water partition coefficient (Wildman–Crippen LogP) is 12.3. The van der Waals surface area contributed by atoms with Crippen molar-refractivity contribution in [3.63, 3.8) is 0 Å². The molecule has 4 nitrogen and oxygen atoms in total. The maximum absolute atomic E-state index is 6.57. The van der Waals surface area contributed by atoms with Crippen LogP contribution >= 0.6 is 0 Å². The molecule has 0 saturated heterocycles. The molecule has 0 amide bonds. The van der Waals surface area contributed by atoms with E-state index in [0.29, 0.717) is 0 Å². The van der Waals surface area contributed by atoms with E-state index < -0.39 is 0 Å². The van der Waals surface area contributed by atoms with Gasteiger partial charge in [0, 0.05) is 21.9 Å². The molecule has 7 aromatic carbocycles. The number of rotatable bonds is 6. The second-order valence-electron chi connectivity index (χ2n) is 13.4. The van der Waals surface area contributed by atoms with Gasteiger partial charge in [-0.15, -0.1) is 0 Å². The molecule has 0 aliphatic carbocycles. The van der Waals surface area contributed by atoms with Crippen LogP contribution in [0.5, 0.6) is 0 Å². The van der Waals surface area contributed by atoms with Gasteiger partial charge in [0.2, 0.25) is 0 Å². The Bertz CT molecular complexity index is 2840. The van der Waals surface area contributed by atoms with E-state index >= 15 is 0 Å². The Morgan fingerprint density at radius 1 is 0.472 bits per heavy atom. The number of nitrogens with zero attached hydrogens (tertiary/aromatic N) is 2. The fourth-order valence-electron chi connectivity index (χ4n) is 7.44. The van der Waals surface area contributed by atoms with E-state index in [9.17, 15) is 0 Å². The normalized spacial score (nSPS) is 14.2. The van der Waals surface area contributed by atoms with E-state index in [-0.39, 0.29) is 6.04 Å². The van der Waals surface area contributed by atoms with Gasteiger partial charge in [0.05, 0.1) is 28.3 Å². The number of aliphatic imine (C=N–C) groups is 1. The number of furan rings is 1. The summed E-state index contributed by atoms with van der Waals surface area (Å²) >= 11 is 0. The number of para-hydroxylation sites is 1. The molecule has 0 saturated carbocycles. The summed E-state index contributed by atoms with van der Waals surface area (Å²) in [6, 6.07) is 63.4. The Kier molecular flexibility index (Phi) is 7.51. The molecule has 1 N–H and O–H groups in total. The highest BCUT2D eigenvalue weighted by atomic mass is 16.3. The molecule has 0 radical (unpaired) electrons. The highest BCUT2D eigenvalue weighted by Gasteiger charge is 2.21. The van der Waals surface area contributed by atoms with Crippen LogP contribution in [-0.4, -0.2) is 10.8 Å². The van der Waals surface area contributed by atoms with Crippen molar-refractivity contribution in [3.8, 4) is 33.5 Å². The zero-order chi connectivity index (χ0) is 35.1. The topological polar surface area (TPSA) is 50.4 Å². The largest absolute Gasteiger partial charge is 0.455 e. The summed E-state index contributed by atoms with van der Waals surface area (Å²) in [6.45, 7) is 0. The molecule has 1 aliphatic heterocycles. The number of amidine groups is 1. The molecular weight excluding hydrogens is 647 g/mol. The third kappa shape index (κ3) is 5.67. The van der Waals surface area contributed by atoms with E-state index in [0.717, 1.165) is 77.9 Å². The Hall–Kier alpha value is -7.04. The quantitative estimate of drug-likeness (QED) is 0.190. The van der Waals surface area contributed by atoms with E-state index in [4.69, 9.17) is 14.4 Å². The van der Waals surface area contributed by atoms with Crippen molar-refractivity contribution in [2.45, 2.75) is 6.04 Å². The third-order valence-electron chi connectivity index (χ3n) is 10.1. The molecule has 1 aliphatic rings. The van der Waals surface area contributed by atoms with Gasteiger partial charge in [0.1, 0.15) is 17.0 Å². The lowest BCUT2D eigenvalue weighted by Gasteiger charge is -2.25. The van der Waals surface area contributed by atoms with Crippen molar-refractivity contribution < 1.29 is 4.42 Å². The van der Waals surface area contributed by atoms with Gasteiger partial charge in [0.15, 0.2) is 0 Å². The number of fused-ring (bicyclic) bond motifs is 5. The van der Waals surface area contributed by atoms with E-state index in [1.165, 1.54) is 16.7 Å². The highest BCUT2D eigenvalue weighted by Crippen LogP contribution is 2.41. The summed E-state index contributed by atoms with van der Waals surface area (Å²) in [5, 5.41) is 6.82. The molecule has 0 bridgehead atoms. The summed E-state index contributed by atoms with van der Waals surface area (Å²) in [5.74, 6) is 0.856. The average Bonchev–Trinajstić information content (AvgIpc) is 3.64. The first-order valence-corrected chi connectivity index (χ1v) is 17.9. The first kappa shape index (κ1) is 30.8. The van der Waals surface area contributed by atoms with Gasteiger partial charge < -0.3 is 9.73 Å². The minimum absolute atomic E-state index is 0.0543. The zero-order valence-electron chi connectivity index (χ0n) is 28.8. The smallest absolute Gasteiger partial charge is 0.147 e. The summed E-state index contributed by atoms with van der Waals surface area (Å²) in [5.41, 5.74) is 13.5.